The summed E-state index contributed by atoms with van der Waals surface area (Å²) in [5.74, 6) is 0. The van der Waals surface area contributed by atoms with Crippen LogP contribution in [0.15, 0.2) is 146 Å². The van der Waals surface area contributed by atoms with Gasteiger partial charge in [-0.2, -0.15) is 0 Å². The SMILES string of the molecule is C=C/C(=C\C=N)n1c2ccc(-c3cccc(C)c3)cc2c2cc3c(cc21)-c1cc2c(cc1CC3)c1cc(C(/C=C(/C)CC)=C/CC)ccc1n2-c1ccncc1. The number of allylic oxidation sites excluding steroid dienone is 7. The van der Waals surface area contributed by atoms with Gasteiger partial charge in [-0.05, 0) is 157 Å². The molecule has 0 saturated heterocycles. The molecule has 0 amide bonds. The van der Waals surface area contributed by atoms with Gasteiger partial charge in [-0.1, -0.05) is 80.1 Å². The van der Waals surface area contributed by atoms with Gasteiger partial charge < -0.3 is 14.5 Å². The van der Waals surface area contributed by atoms with Crippen molar-refractivity contribution in [3.05, 3.63) is 168 Å². The molecule has 5 aromatic carbocycles. The third-order valence-corrected chi connectivity index (χ3v) is 11.6. The maximum atomic E-state index is 8.00. The van der Waals surface area contributed by atoms with E-state index in [-0.39, 0.29) is 0 Å². The smallest absolute Gasteiger partial charge is 0.0547 e. The van der Waals surface area contributed by atoms with E-state index in [0.29, 0.717) is 0 Å². The number of aromatic nitrogens is 3. The van der Waals surface area contributed by atoms with Gasteiger partial charge in [0.15, 0.2) is 0 Å². The van der Waals surface area contributed by atoms with E-state index in [4.69, 9.17) is 5.41 Å². The summed E-state index contributed by atoms with van der Waals surface area (Å²) < 4.78 is 4.69. The molecule has 0 fully saturated rings. The molecule has 4 nitrogen and oxygen atoms in total. The number of benzene rings is 5. The number of hydrogen-bond acceptors (Lipinski definition) is 2. The number of pyridine rings is 1. The molecule has 0 atom stereocenters. The third kappa shape index (κ3) is 5.84. The predicted molar refractivity (Wildman–Crippen MR) is 240 cm³/mol. The number of fused-ring (bicyclic) bond motifs is 9. The van der Waals surface area contributed by atoms with Gasteiger partial charge in [0.1, 0.15) is 0 Å². The minimum atomic E-state index is 0.879. The molecule has 3 heterocycles. The maximum Gasteiger partial charge on any atom is 0.0547 e. The van der Waals surface area contributed by atoms with Crippen LogP contribution in [0.2, 0.25) is 0 Å². The Morgan fingerprint density at radius 2 is 1.43 bits per heavy atom. The number of hydrogen-bond donors (Lipinski definition) is 1. The van der Waals surface area contributed by atoms with Crippen LogP contribution in [-0.2, 0) is 12.8 Å². The van der Waals surface area contributed by atoms with Crippen LogP contribution in [0.1, 0.15) is 55.9 Å². The molecule has 0 radical (unpaired) electrons. The van der Waals surface area contributed by atoms with E-state index >= 15 is 0 Å². The molecule has 4 heteroatoms. The molecule has 0 spiro atoms. The summed E-state index contributed by atoms with van der Waals surface area (Å²) in [4.78, 5) is 4.37. The second kappa shape index (κ2) is 14.3. The van der Waals surface area contributed by atoms with Gasteiger partial charge >= 0.3 is 0 Å². The van der Waals surface area contributed by atoms with Gasteiger partial charge in [0, 0.05) is 51.5 Å². The van der Waals surface area contributed by atoms with Crippen molar-refractivity contribution in [1.82, 2.24) is 14.1 Å². The van der Waals surface area contributed by atoms with E-state index in [1.54, 1.807) is 0 Å². The molecule has 3 aromatic heterocycles. The van der Waals surface area contributed by atoms with Crippen LogP contribution in [0.25, 0.3) is 82.8 Å². The lowest BCUT2D eigenvalue weighted by atomic mass is 9.84. The fourth-order valence-electron chi connectivity index (χ4n) is 8.81. The lowest BCUT2D eigenvalue weighted by Crippen LogP contribution is -2.05. The molecule has 0 saturated carbocycles. The molecular formula is C52H46N4. The number of aryl methyl sites for hydroxylation is 3. The van der Waals surface area contributed by atoms with Crippen LogP contribution in [0.5, 0.6) is 0 Å². The maximum absolute atomic E-state index is 8.00. The van der Waals surface area contributed by atoms with E-state index in [1.807, 2.05) is 24.5 Å². The van der Waals surface area contributed by atoms with Crippen LogP contribution in [0, 0.1) is 12.3 Å². The first kappa shape index (κ1) is 35.2. The third-order valence-electron chi connectivity index (χ3n) is 11.6. The van der Waals surface area contributed by atoms with Gasteiger partial charge in [0.2, 0.25) is 0 Å². The minimum Gasteiger partial charge on any atom is -0.309 e. The van der Waals surface area contributed by atoms with E-state index in [1.165, 1.54) is 94.4 Å². The lowest BCUT2D eigenvalue weighted by Gasteiger charge is -2.21. The van der Waals surface area contributed by atoms with Crippen LogP contribution >= 0.6 is 0 Å². The predicted octanol–water partition coefficient (Wildman–Crippen LogP) is 13.9. The van der Waals surface area contributed by atoms with Gasteiger partial charge in [0.25, 0.3) is 0 Å². The average molecular weight is 727 g/mol. The monoisotopic (exact) mass is 726 g/mol. The van der Waals surface area contributed by atoms with Gasteiger partial charge in [-0.25, -0.2) is 0 Å². The topological polar surface area (TPSA) is 46.6 Å². The molecule has 274 valence electrons. The van der Waals surface area contributed by atoms with E-state index in [2.05, 4.69) is 158 Å². The van der Waals surface area contributed by atoms with E-state index in [9.17, 15) is 0 Å². The first-order chi connectivity index (χ1) is 27.4. The highest BCUT2D eigenvalue weighted by atomic mass is 15.0. The molecule has 0 aliphatic heterocycles. The molecule has 9 rings (SSSR count). The second-order valence-electron chi connectivity index (χ2n) is 15.1. The zero-order valence-corrected chi connectivity index (χ0v) is 32.7. The zero-order chi connectivity index (χ0) is 38.5. The largest absolute Gasteiger partial charge is 0.309 e. The summed E-state index contributed by atoms with van der Waals surface area (Å²) in [5, 5.41) is 13.0. The molecule has 56 heavy (non-hydrogen) atoms. The summed E-state index contributed by atoms with van der Waals surface area (Å²) in [6.45, 7) is 13.0. The lowest BCUT2D eigenvalue weighted by molar-refractivity contribution is 0.946. The number of nitrogens with zero attached hydrogens (tertiary/aromatic N) is 3. The standard InChI is InChI=1S/C52H46N4/c1-6-10-35(25-33(4)7-2)37-15-18-50-46(27-37)48-30-40-14-13-39-29-47-45-28-38(36-12-9-11-34(5)26-36)16-17-49(45)55(41(8-3)19-22-53)51(47)31-43(39)44(40)32-52(48)56(50)42-20-23-54-24-21-42/h8-12,15-32,53H,3,6-7,13-14H2,1-2,4-5H3/b33-25-,35-10+,41-19+,53-22?. The Balaban J connectivity index is 1.30. The second-order valence-corrected chi connectivity index (χ2v) is 15.1. The molecular weight excluding hydrogens is 681 g/mol. The number of nitrogens with one attached hydrogen (secondary N) is 1. The summed E-state index contributed by atoms with van der Waals surface area (Å²) >= 11 is 0. The molecule has 1 aliphatic carbocycles. The molecule has 8 aromatic rings. The Morgan fingerprint density at radius 1 is 0.750 bits per heavy atom. The van der Waals surface area contributed by atoms with Crippen molar-refractivity contribution in [2.24, 2.45) is 0 Å². The van der Waals surface area contributed by atoms with Crippen molar-refractivity contribution >= 4 is 61.1 Å². The Labute approximate surface area is 329 Å². The van der Waals surface area contributed by atoms with Crippen LogP contribution < -0.4 is 0 Å². The van der Waals surface area contributed by atoms with Crippen molar-refractivity contribution in [3.63, 3.8) is 0 Å². The Hall–Kier alpha value is -6.52. The van der Waals surface area contributed by atoms with Crippen molar-refractivity contribution in [1.29, 1.82) is 5.41 Å². The Morgan fingerprint density at radius 3 is 2.12 bits per heavy atom. The summed E-state index contributed by atoms with van der Waals surface area (Å²) in [6.07, 6.45) is 17.5. The van der Waals surface area contributed by atoms with Crippen molar-refractivity contribution in [2.45, 2.75) is 53.4 Å². The Bertz CT molecular complexity index is 2980. The molecule has 1 aliphatic rings. The highest BCUT2D eigenvalue weighted by Gasteiger charge is 2.24. The van der Waals surface area contributed by atoms with Gasteiger partial charge in [0.05, 0.1) is 22.1 Å². The minimum absolute atomic E-state index is 0.879. The quantitative estimate of drug-likeness (QED) is 0.117. The summed E-state index contributed by atoms with van der Waals surface area (Å²) in [6, 6.07) is 36.4. The number of rotatable bonds is 9. The fraction of sp³-hybridized carbons (Fsp3) is 0.154. The fourth-order valence-corrected chi connectivity index (χ4v) is 8.81. The van der Waals surface area contributed by atoms with Crippen LogP contribution in [-0.4, -0.2) is 20.3 Å². The molecule has 1 N–H and O–H groups in total. The van der Waals surface area contributed by atoms with Crippen molar-refractivity contribution in [2.75, 3.05) is 0 Å². The Kier molecular flexibility index (Phi) is 8.98. The van der Waals surface area contributed by atoms with Crippen LogP contribution in [0.3, 0.4) is 0 Å². The summed E-state index contributed by atoms with van der Waals surface area (Å²) in [7, 11) is 0. The van der Waals surface area contributed by atoms with Crippen molar-refractivity contribution < 1.29 is 0 Å². The van der Waals surface area contributed by atoms with Crippen LogP contribution in [0.4, 0.5) is 0 Å². The zero-order valence-electron chi connectivity index (χ0n) is 32.7. The van der Waals surface area contributed by atoms with E-state index < -0.39 is 0 Å². The average Bonchev–Trinajstić information content (AvgIpc) is 3.72. The van der Waals surface area contributed by atoms with E-state index in [0.717, 1.165) is 48.1 Å². The molecule has 0 unspecified atom stereocenters. The molecule has 0 bridgehead atoms. The van der Waals surface area contributed by atoms with Crippen molar-refractivity contribution in [3.8, 4) is 27.9 Å². The first-order valence-corrected chi connectivity index (χ1v) is 19.8. The summed E-state index contributed by atoms with van der Waals surface area (Å²) in [5.41, 5.74) is 19.4. The highest BCUT2D eigenvalue weighted by molar-refractivity contribution is 6.15. The van der Waals surface area contributed by atoms with Gasteiger partial charge in [-0.3, -0.25) is 4.98 Å². The highest BCUT2D eigenvalue weighted by Crippen LogP contribution is 2.45. The first-order valence-electron chi connectivity index (χ1n) is 19.8. The van der Waals surface area contributed by atoms with Gasteiger partial charge in [-0.15, -0.1) is 0 Å². The normalized spacial score (nSPS) is 13.5.